The molecular weight excluding hydrogens is 593 g/mol. The van der Waals surface area contributed by atoms with Gasteiger partial charge in [-0.1, -0.05) is 155 Å². The Morgan fingerprint density at radius 3 is 1.44 bits per heavy atom. The van der Waals surface area contributed by atoms with Crippen LogP contribution in [0.15, 0.2) is 0 Å². The highest BCUT2D eigenvalue weighted by atomic mass is 31.2. The Bertz CT molecular complexity index is 724. The molecule has 0 aliphatic rings. The van der Waals surface area contributed by atoms with Crippen LogP contribution in [0.5, 0.6) is 0 Å². The van der Waals surface area contributed by atoms with Crippen molar-refractivity contribution < 1.29 is 37.9 Å². The molecule has 9 nitrogen and oxygen atoms in total. The molecule has 268 valence electrons. The van der Waals surface area contributed by atoms with E-state index in [1.54, 1.807) is 0 Å². The first-order chi connectivity index (χ1) is 21.8. The Morgan fingerprint density at radius 1 is 0.600 bits per heavy atom. The van der Waals surface area contributed by atoms with Crippen LogP contribution in [0.3, 0.4) is 0 Å². The lowest BCUT2D eigenvalue weighted by atomic mass is 10.0. The number of aliphatic hydroxyl groups is 1. The molecule has 0 bridgehead atoms. The maximum atomic E-state index is 12.0. The van der Waals surface area contributed by atoms with Gasteiger partial charge in [0.1, 0.15) is 12.7 Å². The van der Waals surface area contributed by atoms with Crippen LogP contribution in [0.1, 0.15) is 181 Å². The SMILES string of the molecule is CCCCCCCCCCCCCCCCCCCCC(=O)OCC(O)COP(=O)(O)OCCNC(=O)CCCCCCCC. The summed E-state index contributed by atoms with van der Waals surface area (Å²) in [6.45, 7) is 3.50. The normalized spacial score (nSPS) is 13.4. The van der Waals surface area contributed by atoms with E-state index >= 15 is 0 Å². The second-order valence-electron chi connectivity index (χ2n) is 12.6. The van der Waals surface area contributed by atoms with Crippen LogP contribution in [-0.2, 0) is 27.9 Å². The second-order valence-corrected chi connectivity index (χ2v) is 14.0. The molecular formula is C35H70NO8P. The fraction of sp³-hybridized carbons (Fsp3) is 0.943. The average molecular weight is 664 g/mol. The van der Waals surface area contributed by atoms with E-state index in [1.807, 2.05) is 0 Å². The fourth-order valence-electron chi connectivity index (χ4n) is 5.20. The number of rotatable bonds is 35. The van der Waals surface area contributed by atoms with Gasteiger partial charge in [0.25, 0.3) is 0 Å². The van der Waals surface area contributed by atoms with Crippen LogP contribution in [0.25, 0.3) is 0 Å². The zero-order chi connectivity index (χ0) is 33.3. The van der Waals surface area contributed by atoms with Crippen molar-refractivity contribution >= 4 is 19.7 Å². The van der Waals surface area contributed by atoms with Crippen LogP contribution >= 0.6 is 7.82 Å². The Kier molecular flexibility index (Phi) is 32.2. The Labute approximate surface area is 275 Å². The number of hydrogen-bond acceptors (Lipinski definition) is 7. The topological polar surface area (TPSA) is 131 Å². The molecule has 0 rings (SSSR count). The van der Waals surface area contributed by atoms with Crippen LogP contribution < -0.4 is 5.32 Å². The number of carbonyl (C=O) groups excluding carboxylic acids is 2. The number of aliphatic hydroxyl groups excluding tert-OH is 1. The summed E-state index contributed by atoms with van der Waals surface area (Å²) in [6.07, 6.45) is 29.2. The van der Waals surface area contributed by atoms with E-state index in [-0.39, 0.29) is 25.7 Å². The highest BCUT2D eigenvalue weighted by molar-refractivity contribution is 7.47. The van der Waals surface area contributed by atoms with Crippen LogP contribution in [0.2, 0.25) is 0 Å². The van der Waals surface area contributed by atoms with Crippen molar-refractivity contribution in [2.24, 2.45) is 0 Å². The summed E-state index contributed by atoms with van der Waals surface area (Å²) in [5.74, 6) is -0.518. The van der Waals surface area contributed by atoms with Crippen molar-refractivity contribution in [2.45, 2.75) is 187 Å². The lowest BCUT2D eigenvalue weighted by Gasteiger charge is -2.15. The molecule has 0 aromatic carbocycles. The molecule has 0 aliphatic carbocycles. The zero-order valence-electron chi connectivity index (χ0n) is 29.1. The monoisotopic (exact) mass is 663 g/mol. The van der Waals surface area contributed by atoms with Crippen molar-refractivity contribution in [3.8, 4) is 0 Å². The van der Waals surface area contributed by atoms with Crippen molar-refractivity contribution in [3.05, 3.63) is 0 Å². The van der Waals surface area contributed by atoms with Crippen molar-refractivity contribution in [1.82, 2.24) is 5.32 Å². The Balaban J connectivity index is 3.55. The average Bonchev–Trinajstić information content (AvgIpc) is 3.02. The summed E-state index contributed by atoms with van der Waals surface area (Å²) in [4.78, 5) is 33.5. The molecule has 0 fully saturated rings. The van der Waals surface area contributed by atoms with Gasteiger partial charge in [-0.2, -0.15) is 0 Å². The molecule has 0 aliphatic heterocycles. The van der Waals surface area contributed by atoms with E-state index in [9.17, 15) is 24.2 Å². The van der Waals surface area contributed by atoms with Gasteiger partial charge in [-0.05, 0) is 12.8 Å². The molecule has 0 aromatic heterocycles. The molecule has 0 saturated carbocycles. The first kappa shape index (κ1) is 44.0. The van der Waals surface area contributed by atoms with Crippen molar-refractivity contribution in [1.29, 1.82) is 0 Å². The van der Waals surface area contributed by atoms with Gasteiger partial charge < -0.3 is 20.1 Å². The van der Waals surface area contributed by atoms with Gasteiger partial charge in [0.2, 0.25) is 5.91 Å². The van der Waals surface area contributed by atoms with E-state index in [1.165, 1.54) is 116 Å². The third kappa shape index (κ3) is 34.2. The third-order valence-corrected chi connectivity index (χ3v) is 9.02. The highest BCUT2D eigenvalue weighted by Crippen LogP contribution is 2.42. The fourth-order valence-corrected chi connectivity index (χ4v) is 5.96. The molecule has 0 spiro atoms. The van der Waals surface area contributed by atoms with Crippen molar-refractivity contribution in [2.75, 3.05) is 26.4 Å². The van der Waals surface area contributed by atoms with E-state index in [0.717, 1.165) is 38.5 Å². The van der Waals surface area contributed by atoms with Gasteiger partial charge in [0, 0.05) is 19.4 Å². The van der Waals surface area contributed by atoms with Crippen LogP contribution in [-0.4, -0.2) is 54.3 Å². The number of phosphoric acid groups is 1. The molecule has 0 heterocycles. The standard InChI is InChI=1S/C35H70NO8P/c1-3-5-7-9-11-12-13-14-15-16-17-18-19-20-21-22-24-26-28-35(39)42-31-33(37)32-44-45(40,41)43-30-29-36-34(38)27-25-23-10-8-6-4-2/h33,37H,3-32H2,1-2H3,(H,36,38)(H,40,41). The minimum atomic E-state index is -4.39. The number of amides is 1. The Morgan fingerprint density at radius 2 is 1.00 bits per heavy atom. The van der Waals surface area contributed by atoms with Crippen LogP contribution in [0.4, 0.5) is 0 Å². The second kappa shape index (κ2) is 32.9. The predicted octanol–water partition coefficient (Wildman–Crippen LogP) is 9.32. The summed E-state index contributed by atoms with van der Waals surface area (Å²) < 4.78 is 26.6. The number of hydrogen-bond donors (Lipinski definition) is 3. The molecule has 0 radical (unpaired) electrons. The highest BCUT2D eigenvalue weighted by Gasteiger charge is 2.23. The molecule has 3 N–H and O–H groups in total. The molecule has 45 heavy (non-hydrogen) atoms. The summed E-state index contributed by atoms with van der Waals surface area (Å²) >= 11 is 0. The first-order valence-electron chi connectivity index (χ1n) is 18.5. The van der Waals surface area contributed by atoms with Gasteiger partial charge >= 0.3 is 13.8 Å². The summed E-state index contributed by atoms with van der Waals surface area (Å²) in [7, 11) is -4.39. The molecule has 10 heteroatoms. The van der Waals surface area contributed by atoms with Gasteiger partial charge in [0.05, 0.1) is 13.2 Å². The van der Waals surface area contributed by atoms with E-state index < -0.39 is 26.5 Å². The largest absolute Gasteiger partial charge is 0.472 e. The number of ether oxygens (including phenoxy) is 1. The number of esters is 1. The molecule has 1 amide bonds. The summed E-state index contributed by atoms with van der Waals surface area (Å²) in [5, 5.41) is 12.6. The minimum absolute atomic E-state index is 0.0855. The van der Waals surface area contributed by atoms with E-state index in [2.05, 4.69) is 19.2 Å². The van der Waals surface area contributed by atoms with Gasteiger partial charge in [-0.25, -0.2) is 4.57 Å². The lowest BCUT2D eigenvalue weighted by molar-refractivity contribution is -0.147. The number of carbonyl (C=O) groups is 2. The molecule has 0 saturated heterocycles. The smallest absolute Gasteiger partial charge is 0.463 e. The van der Waals surface area contributed by atoms with E-state index in [4.69, 9.17) is 13.8 Å². The third-order valence-electron chi connectivity index (χ3n) is 8.04. The zero-order valence-corrected chi connectivity index (χ0v) is 30.0. The number of nitrogens with one attached hydrogen (secondary N) is 1. The van der Waals surface area contributed by atoms with Gasteiger partial charge in [0.15, 0.2) is 0 Å². The molecule has 2 unspecified atom stereocenters. The molecule has 2 atom stereocenters. The van der Waals surface area contributed by atoms with Crippen LogP contribution in [0, 0.1) is 0 Å². The van der Waals surface area contributed by atoms with Crippen molar-refractivity contribution in [3.63, 3.8) is 0 Å². The van der Waals surface area contributed by atoms with Gasteiger partial charge in [-0.15, -0.1) is 0 Å². The van der Waals surface area contributed by atoms with Gasteiger partial charge in [-0.3, -0.25) is 18.6 Å². The molecule has 0 aromatic rings. The van der Waals surface area contributed by atoms with E-state index in [0.29, 0.717) is 12.8 Å². The summed E-state index contributed by atoms with van der Waals surface area (Å²) in [6, 6.07) is 0. The number of phosphoric ester groups is 1. The minimum Gasteiger partial charge on any atom is -0.463 e. The first-order valence-corrected chi connectivity index (χ1v) is 20.0. The lowest BCUT2D eigenvalue weighted by Crippen LogP contribution is -2.27. The Hall–Kier alpha value is -0.990. The summed E-state index contributed by atoms with van der Waals surface area (Å²) in [5.41, 5.74) is 0. The quantitative estimate of drug-likeness (QED) is 0.0347. The maximum absolute atomic E-state index is 12.0. The predicted molar refractivity (Wildman–Crippen MR) is 183 cm³/mol. The maximum Gasteiger partial charge on any atom is 0.472 e. The number of unbranched alkanes of at least 4 members (excludes halogenated alkanes) is 22.